The van der Waals surface area contributed by atoms with E-state index in [1.54, 1.807) is 37.4 Å². The predicted molar refractivity (Wildman–Crippen MR) is 97.3 cm³/mol. The lowest BCUT2D eigenvalue weighted by Gasteiger charge is -2.22. The third kappa shape index (κ3) is 5.38. The van der Waals surface area contributed by atoms with Crippen molar-refractivity contribution in [3.05, 3.63) is 59.4 Å². The van der Waals surface area contributed by atoms with Gasteiger partial charge in [0, 0.05) is 25.7 Å². The molecular formula is C19H24FN3O2. The van der Waals surface area contributed by atoms with E-state index in [1.807, 2.05) is 18.9 Å². The number of hydrogen-bond donors (Lipinski definition) is 2. The molecule has 0 aliphatic rings. The topological polar surface area (TPSA) is 57.1 Å². The molecule has 0 bridgehead atoms. The number of nitrogens with zero attached hydrogens (tertiary/aromatic N) is 2. The second-order valence-electron chi connectivity index (χ2n) is 5.65. The summed E-state index contributed by atoms with van der Waals surface area (Å²) in [6.07, 6.45) is 0. The molecule has 0 amide bonds. The third-order valence-corrected chi connectivity index (χ3v) is 3.72. The highest BCUT2D eigenvalue weighted by molar-refractivity contribution is 5.79. The molecule has 2 aromatic rings. The van der Waals surface area contributed by atoms with Crippen LogP contribution < -0.4 is 10.1 Å². The van der Waals surface area contributed by atoms with Crippen molar-refractivity contribution in [3.63, 3.8) is 0 Å². The van der Waals surface area contributed by atoms with E-state index < -0.39 is 0 Å². The lowest BCUT2D eigenvalue weighted by atomic mass is 10.2. The number of nitrogens with one attached hydrogen (secondary N) is 1. The maximum Gasteiger partial charge on any atom is 0.194 e. The number of rotatable bonds is 6. The van der Waals surface area contributed by atoms with Crippen LogP contribution in [0, 0.1) is 5.82 Å². The van der Waals surface area contributed by atoms with E-state index in [-0.39, 0.29) is 11.6 Å². The fraction of sp³-hybridized carbons (Fsp3) is 0.316. The largest absolute Gasteiger partial charge is 0.508 e. The molecule has 25 heavy (non-hydrogen) atoms. The molecule has 0 heterocycles. The summed E-state index contributed by atoms with van der Waals surface area (Å²) in [6.45, 7) is 3.62. The van der Waals surface area contributed by atoms with E-state index in [4.69, 9.17) is 4.74 Å². The molecule has 0 saturated carbocycles. The number of aliphatic imine (C=N–C) groups is 1. The average Bonchev–Trinajstić information content (AvgIpc) is 2.61. The molecule has 0 fully saturated rings. The summed E-state index contributed by atoms with van der Waals surface area (Å²) in [5, 5.41) is 13.2. The van der Waals surface area contributed by atoms with Crippen LogP contribution in [0.15, 0.2) is 47.5 Å². The Labute approximate surface area is 147 Å². The Morgan fingerprint density at radius 2 is 1.96 bits per heavy atom. The molecule has 0 aliphatic carbocycles. The number of methoxy groups -OCH3 is 1. The highest BCUT2D eigenvalue weighted by Gasteiger charge is 2.08. The Kier molecular flexibility index (Phi) is 6.62. The second kappa shape index (κ2) is 8.92. The first kappa shape index (κ1) is 18.6. The van der Waals surface area contributed by atoms with E-state index in [2.05, 4.69) is 10.3 Å². The van der Waals surface area contributed by atoms with E-state index >= 15 is 0 Å². The molecular weight excluding hydrogens is 321 g/mol. The van der Waals surface area contributed by atoms with E-state index in [9.17, 15) is 9.50 Å². The summed E-state index contributed by atoms with van der Waals surface area (Å²) < 4.78 is 18.2. The van der Waals surface area contributed by atoms with Crippen LogP contribution in [0.5, 0.6) is 11.5 Å². The zero-order valence-corrected chi connectivity index (χ0v) is 14.8. The Hall–Kier alpha value is -2.76. The van der Waals surface area contributed by atoms with Crippen molar-refractivity contribution in [1.82, 2.24) is 10.2 Å². The molecule has 0 unspecified atom stereocenters. The molecule has 0 atom stereocenters. The Balaban J connectivity index is 2.12. The molecule has 0 aliphatic heterocycles. The molecule has 2 aromatic carbocycles. The summed E-state index contributed by atoms with van der Waals surface area (Å²) in [7, 11) is 3.50. The first-order chi connectivity index (χ1) is 12.0. The van der Waals surface area contributed by atoms with Gasteiger partial charge in [0.15, 0.2) is 5.96 Å². The summed E-state index contributed by atoms with van der Waals surface area (Å²) in [5.41, 5.74) is 1.67. The lowest BCUT2D eigenvalue weighted by Crippen LogP contribution is -2.38. The normalized spacial score (nSPS) is 11.3. The van der Waals surface area contributed by atoms with E-state index in [0.717, 1.165) is 12.1 Å². The smallest absolute Gasteiger partial charge is 0.194 e. The van der Waals surface area contributed by atoms with Crippen molar-refractivity contribution < 1.29 is 14.2 Å². The molecule has 0 saturated heterocycles. The van der Waals surface area contributed by atoms with Crippen LogP contribution >= 0.6 is 0 Å². The number of aromatic hydroxyl groups is 1. The maximum absolute atomic E-state index is 13.0. The monoisotopic (exact) mass is 345 g/mol. The molecule has 5 nitrogen and oxygen atoms in total. The van der Waals surface area contributed by atoms with Crippen molar-refractivity contribution in [1.29, 1.82) is 0 Å². The minimum atomic E-state index is -0.250. The van der Waals surface area contributed by atoms with Gasteiger partial charge in [0.2, 0.25) is 0 Å². The van der Waals surface area contributed by atoms with Crippen molar-refractivity contribution in [3.8, 4) is 11.5 Å². The Bertz CT molecular complexity index is 717. The van der Waals surface area contributed by atoms with Crippen LogP contribution in [0.4, 0.5) is 4.39 Å². The van der Waals surface area contributed by atoms with Crippen molar-refractivity contribution in [2.75, 3.05) is 20.7 Å². The zero-order chi connectivity index (χ0) is 18.2. The highest BCUT2D eigenvalue weighted by Crippen LogP contribution is 2.23. The summed E-state index contributed by atoms with van der Waals surface area (Å²) in [5.74, 6) is 1.31. The number of benzene rings is 2. The fourth-order valence-electron chi connectivity index (χ4n) is 2.38. The van der Waals surface area contributed by atoms with Gasteiger partial charge < -0.3 is 20.1 Å². The fourth-order valence-corrected chi connectivity index (χ4v) is 2.38. The van der Waals surface area contributed by atoms with E-state index in [0.29, 0.717) is 30.4 Å². The van der Waals surface area contributed by atoms with Gasteiger partial charge in [-0.3, -0.25) is 0 Å². The number of guanidine groups is 1. The maximum atomic E-state index is 13.0. The van der Waals surface area contributed by atoms with Gasteiger partial charge in [0.1, 0.15) is 17.3 Å². The number of hydrogen-bond acceptors (Lipinski definition) is 3. The van der Waals surface area contributed by atoms with Crippen LogP contribution in [0.25, 0.3) is 0 Å². The second-order valence-corrected chi connectivity index (χ2v) is 5.65. The van der Waals surface area contributed by atoms with Crippen LogP contribution in [-0.2, 0) is 13.1 Å². The first-order valence-corrected chi connectivity index (χ1v) is 8.13. The molecule has 2 rings (SSSR count). The molecule has 2 N–H and O–H groups in total. The molecule has 0 spiro atoms. The van der Waals surface area contributed by atoms with Gasteiger partial charge in [-0.2, -0.15) is 0 Å². The molecule has 134 valence electrons. The quantitative estimate of drug-likeness (QED) is 0.624. The van der Waals surface area contributed by atoms with E-state index in [1.165, 1.54) is 12.1 Å². The molecule has 0 aromatic heterocycles. The first-order valence-electron chi connectivity index (χ1n) is 8.13. The van der Waals surface area contributed by atoms with Crippen molar-refractivity contribution in [2.45, 2.75) is 20.0 Å². The minimum absolute atomic E-state index is 0.182. The van der Waals surface area contributed by atoms with Gasteiger partial charge in [0.05, 0.1) is 13.7 Å². The Morgan fingerprint density at radius 3 is 2.60 bits per heavy atom. The van der Waals surface area contributed by atoms with Gasteiger partial charge in [-0.05, 0) is 42.8 Å². The lowest BCUT2D eigenvalue weighted by molar-refractivity contribution is 0.410. The SMILES string of the molecule is CCNC(=NCc1cc(OC)ccc1O)N(C)Cc1ccc(F)cc1. The van der Waals surface area contributed by atoms with Gasteiger partial charge in [-0.25, -0.2) is 9.38 Å². The number of phenols is 1. The van der Waals surface area contributed by atoms with Crippen molar-refractivity contribution >= 4 is 5.96 Å². The van der Waals surface area contributed by atoms with Gasteiger partial charge >= 0.3 is 0 Å². The number of phenolic OH excluding ortho intramolecular Hbond substituents is 1. The highest BCUT2D eigenvalue weighted by atomic mass is 19.1. The van der Waals surface area contributed by atoms with Crippen LogP contribution in [0.3, 0.4) is 0 Å². The minimum Gasteiger partial charge on any atom is -0.508 e. The predicted octanol–water partition coefficient (Wildman–Crippen LogP) is 3.14. The average molecular weight is 345 g/mol. The van der Waals surface area contributed by atoms with Gasteiger partial charge in [-0.1, -0.05) is 12.1 Å². The van der Waals surface area contributed by atoms with Crippen LogP contribution in [-0.4, -0.2) is 36.7 Å². The van der Waals surface area contributed by atoms with Gasteiger partial charge in [-0.15, -0.1) is 0 Å². The number of ether oxygens (including phenoxy) is 1. The molecule has 6 heteroatoms. The standard InChI is InChI=1S/C19H24FN3O2/c1-4-21-19(23(2)13-14-5-7-16(20)8-6-14)22-12-15-11-17(25-3)9-10-18(15)24/h5-11,24H,4,12-13H2,1-3H3,(H,21,22). The number of halogens is 1. The summed E-state index contributed by atoms with van der Waals surface area (Å²) in [6, 6.07) is 11.5. The van der Waals surface area contributed by atoms with Crippen LogP contribution in [0.2, 0.25) is 0 Å². The van der Waals surface area contributed by atoms with Crippen molar-refractivity contribution in [2.24, 2.45) is 4.99 Å². The van der Waals surface area contributed by atoms with Crippen LogP contribution in [0.1, 0.15) is 18.1 Å². The van der Waals surface area contributed by atoms with Gasteiger partial charge in [0.25, 0.3) is 0 Å². The third-order valence-electron chi connectivity index (χ3n) is 3.72. The Morgan fingerprint density at radius 1 is 1.24 bits per heavy atom. The summed E-state index contributed by atoms with van der Waals surface area (Å²) >= 11 is 0. The summed E-state index contributed by atoms with van der Waals surface area (Å²) in [4.78, 5) is 6.53. The molecule has 0 radical (unpaired) electrons. The zero-order valence-electron chi connectivity index (χ0n) is 14.8.